The van der Waals surface area contributed by atoms with Crippen molar-refractivity contribution >= 4 is 11.7 Å². The highest BCUT2D eigenvalue weighted by Crippen LogP contribution is 2.13. The Balaban J connectivity index is 4.67. The second-order valence-corrected chi connectivity index (χ2v) is 6.71. The van der Waals surface area contributed by atoms with Gasteiger partial charge in [0, 0.05) is 12.0 Å². The first-order valence-corrected chi connectivity index (χ1v) is 7.68. The van der Waals surface area contributed by atoms with Crippen LogP contribution in [0.5, 0.6) is 0 Å². The molecule has 0 saturated heterocycles. The predicted molar refractivity (Wildman–Crippen MR) is 83.5 cm³/mol. The van der Waals surface area contributed by atoms with Gasteiger partial charge in [-0.05, 0) is 18.8 Å². The Morgan fingerprint density at radius 2 is 1.30 bits per heavy atom. The molecule has 0 aromatic heterocycles. The highest BCUT2D eigenvalue weighted by Gasteiger charge is 2.28. The van der Waals surface area contributed by atoms with Crippen LogP contribution < -0.4 is 10.6 Å². The second kappa shape index (κ2) is 8.40. The molecule has 4 nitrogen and oxygen atoms in total. The summed E-state index contributed by atoms with van der Waals surface area (Å²) < 4.78 is 0. The predicted octanol–water partition coefficient (Wildman–Crippen LogP) is 2.37. The van der Waals surface area contributed by atoms with E-state index < -0.39 is 6.04 Å². The lowest BCUT2D eigenvalue weighted by Gasteiger charge is -2.26. The van der Waals surface area contributed by atoms with Crippen LogP contribution in [0.15, 0.2) is 0 Å². The number of carbonyl (C=O) groups is 2. The number of amides is 1. The van der Waals surface area contributed by atoms with Crippen LogP contribution in [-0.4, -0.2) is 29.8 Å². The first-order chi connectivity index (χ1) is 9.07. The van der Waals surface area contributed by atoms with Gasteiger partial charge in [0.25, 0.3) is 0 Å². The fraction of sp³-hybridized carbons (Fsp3) is 0.875. The minimum Gasteiger partial charge on any atom is -0.345 e. The van der Waals surface area contributed by atoms with Gasteiger partial charge in [-0.2, -0.15) is 0 Å². The molecular formula is C16H32N2O2. The maximum atomic E-state index is 12.3. The Bertz CT molecular complexity index is 324. The van der Waals surface area contributed by atoms with Crippen LogP contribution in [0.2, 0.25) is 0 Å². The summed E-state index contributed by atoms with van der Waals surface area (Å²) in [6, 6.07) is -0.469. The summed E-state index contributed by atoms with van der Waals surface area (Å²) in [5, 5.41) is 6.10. The average Bonchev–Trinajstić information content (AvgIpc) is 2.32. The number of Topliss-reactive ketones (excluding diaryl/α,β-unsaturated/α-hetero) is 1. The van der Waals surface area contributed by atoms with E-state index in [1.165, 1.54) is 0 Å². The third-order valence-corrected chi connectivity index (χ3v) is 3.70. The standard InChI is InChI=1S/C16H32N2O2/c1-9(2)12(7)15(19)13(8)18-16(20)14(10(3)4)17-11(5)6/h9-14,17H,1-8H3,(H,18,20). The molecule has 3 atom stereocenters. The minimum absolute atomic E-state index is 0.0409. The van der Waals surface area contributed by atoms with Gasteiger partial charge in [-0.3, -0.25) is 9.59 Å². The van der Waals surface area contributed by atoms with Crippen LogP contribution in [0, 0.1) is 17.8 Å². The van der Waals surface area contributed by atoms with Gasteiger partial charge in [0.15, 0.2) is 5.78 Å². The van der Waals surface area contributed by atoms with Crippen molar-refractivity contribution in [1.82, 2.24) is 10.6 Å². The highest BCUT2D eigenvalue weighted by molar-refractivity contribution is 5.91. The number of ketones is 1. The molecule has 0 aliphatic rings. The van der Waals surface area contributed by atoms with E-state index in [0.29, 0.717) is 0 Å². The molecule has 2 N–H and O–H groups in total. The van der Waals surface area contributed by atoms with E-state index in [1.807, 2.05) is 48.5 Å². The molecule has 20 heavy (non-hydrogen) atoms. The van der Waals surface area contributed by atoms with E-state index in [2.05, 4.69) is 10.6 Å². The van der Waals surface area contributed by atoms with E-state index in [4.69, 9.17) is 0 Å². The van der Waals surface area contributed by atoms with Gasteiger partial charge >= 0.3 is 0 Å². The van der Waals surface area contributed by atoms with Gasteiger partial charge in [-0.15, -0.1) is 0 Å². The van der Waals surface area contributed by atoms with Crippen molar-refractivity contribution in [2.75, 3.05) is 0 Å². The van der Waals surface area contributed by atoms with E-state index >= 15 is 0 Å². The van der Waals surface area contributed by atoms with Crippen molar-refractivity contribution in [3.05, 3.63) is 0 Å². The van der Waals surface area contributed by atoms with Crippen LogP contribution in [0.3, 0.4) is 0 Å². The number of carbonyl (C=O) groups excluding carboxylic acids is 2. The zero-order chi connectivity index (χ0) is 16.0. The zero-order valence-electron chi connectivity index (χ0n) is 14.3. The maximum absolute atomic E-state index is 12.3. The van der Waals surface area contributed by atoms with Crippen molar-refractivity contribution in [3.8, 4) is 0 Å². The molecule has 0 saturated carbocycles. The second-order valence-electron chi connectivity index (χ2n) is 6.71. The summed E-state index contributed by atoms with van der Waals surface area (Å²) in [7, 11) is 0. The fourth-order valence-electron chi connectivity index (χ4n) is 2.03. The highest BCUT2D eigenvalue weighted by atomic mass is 16.2. The smallest absolute Gasteiger partial charge is 0.237 e. The van der Waals surface area contributed by atoms with Crippen LogP contribution >= 0.6 is 0 Å². The molecular weight excluding hydrogens is 252 g/mol. The van der Waals surface area contributed by atoms with Crippen molar-refractivity contribution in [3.63, 3.8) is 0 Å². The Hall–Kier alpha value is -0.900. The largest absolute Gasteiger partial charge is 0.345 e. The average molecular weight is 284 g/mol. The molecule has 0 spiro atoms. The molecule has 0 aromatic rings. The topological polar surface area (TPSA) is 58.2 Å². The van der Waals surface area contributed by atoms with E-state index in [9.17, 15) is 9.59 Å². The number of hydrogen-bond acceptors (Lipinski definition) is 3. The number of rotatable bonds is 8. The van der Waals surface area contributed by atoms with Crippen molar-refractivity contribution in [2.24, 2.45) is 17.8 Å². The number of hydrogen-bond donors (Lipinski definition) is 2. The molecule has 0 fully saturated rings. The van der Waals surface area contributed by atoms with Crippen molar-refractivity contribution < 1.29 is 9.59 Å². The van der Waals surface area contributed by atoms with Crippen LogP contribution in [0.4, 0.5) is 0 Å². The minimum atomic E-state index is -0.435. The van der Waals surface area contributed by atoms with Crippen LogP contribution in [-0.2, 0) is 9.59 Å². The molecule has 118 valence electrons. The monoisotopic (exact) mass is 284 g/mol. The van der Waals surface area contributed by atoms with Crippen LogP contribution in [0.1, 0.15) is 55.4 Å². The molecule has 0 aromatic carbocycles. The summed E-state index contributed by atoms with van der Waals surface area (Å²) in [4.78, 5) is 24.5. The molecule has 3 unspecified atom stereocenters. The van der Waals surface area contributed by atoms with Crippen molar-refractivity contribution in [1.29, 1.82) is 0 Å². The maximum Gasteiger partial charge on any atom is 0.237 e. The van der Waals surface area contributed by atoms with E-state index in [0.717, 1.165) is 0 Å². The van der Waals surface area contributed by atoms with Gasteiger partial charge in [0.1, 0.15) is 0 Å². The molecule has 0 rings (SSSR count). The quantitative estimate of drug-likeness (QED) is 0.719. The van der Waals surface area contributed by atoms with Gasteiger partial charge in [-0.1, -0.05) is 48.5 Å². The molecule has 0 radical (unpaired) electrons. The first-order valence-electron chi connectivity index (χ1n) is 7.68. The molecule has 0 aliphatic heterocycles. The van der Waals surface area contributed by atoms with Gasteiger partial charge in [0.05, 0.1) is 12.1 Å². The zero-order valence-corrected chi connectivity index (χ0v) is 14.3. The van der Waals surface area contributed by atoms with Gasteiger partial charge < -0.3 is 10.6 Å². The first kappa shape index (κ1) is 19.1. The molecule has 4 heteroatoms. The Morgan fingerprint density at radius 1 is 0.800 bits per heavy atom. The Morgan fingerprint density at radius 3 is 1.65 bits per heavy atom. The summed E-state index contributed by atoms with van der Waals surface area (Å²) in [6.45, 7) is 15.8. The lowest BCUT2D eigenvalue weighted by molar-refractivity contribution is -0.131. The molecule has 0 bridgehead atoms. The molecule has 0 aliphatic carbocycles. The lowest BCUT2D eigenvalue weighted by atomic mass is 9.90. The van der Waals surface area contributed by atoms with Gasteiger partial charge in [-0.25, -0.2) is 0 Å². The SMILES string of the molecule is CC(C)NC(C(=O)NC(C)C(=O)C(C)C(C)C)C(C)C. The normalized spacial score (nSPS) is 16.4. The third kappa shape index (κ3) is 6.04. The number of nitrogens with one attached hydrogen (secondary N) is 2. The Kier molecular flexibility index (Phi) is 8.02. The third-order valence-electron chi connectivity index (χ3n) is 3.70. The summed E-state index contributed by atoms with van der Waals surface area (Å²) >= 11 is 0. The lowest BCUT2D eigenvalue weighted by Crippen LogP contribution is -2.53. The fourth-order valence-corrected chi connectivity index (χ4v) is 2.03. The summed E-state index contributed by atoms with van der Waals surface area (Å²) in [5.74, 6) is 0.436. The van der Waals surface area contributed by atoms with E-state index in [1.54, 1.807) is 6.92 Å². The summed E-state index contributed by atoms with van der Waals surface area (Å²) in [5.41, 5.74) is 0. The van der Waals surface area contributed by atoms with Crippen molar-refractivity contribution in [2.45, 2.75) is 73.5 Å². The molecule has 1 amide bonds. The van der Waals surface area contributed by atoms with Gasteiger partial charge in [0.2, 0.25) is 5.91 Å². The van der Waals surface area contributed by atoms with E-state index in [-0.39, 0.29) is 41.5 Å². The Labute approximate surface area is 124 Å². The van der Waals surface area contributed by atoms with Crippen LogP contribution in [0.25, 0.3) is 0 Å². The molecule has 0 heterocycles. The summed E-state index contributed by atoms with van der Waals surface area (Å²) in [6.07, 6.45) is 0.